The summed E-state index contributed by atoms with van der Waals surface area (Å²) >= 11 is 0. The Morgan fingerprint density at radius 2 is 1.63 bits per heavy atom. The van der Waals surface area contributed by atoms with E-state index >= 15 is 8.78 Å². The summed E-state index contributed by atoms with van der Waals surface area (Å²) in [5.41, 5.74) is 1.36. The molecule has 0 heterocycles. The fraction of sp³-hybridized carbons (Fsp3) is 0.939. The van der Waals surface area contributed by atoms with Crippen molar-refractivity contribution in [3.63, 3.8) is 0 Å². The fourth-order valence-electron chi connectivity index (χ4n) is 10.4. The van der Waals surface area contributed by atoms with E-state index in [1.807, 2.05) is 0 Å². The molecule has 4 aliphatic carbocycles. The lowest BCUT2D eigenvalue weighted by atomic mass is 9.43. The molecule has 4 aliphatic rings. The van der Waals surface area contributed by atoms with Crippen molar-refractivity contribution in [2.45, 2.75) is 142 Å². The molecule has 9 atom stereocenters. The number of aliphatic hydroxyl groups is 1. The highest BCUT2D eigenvalue weighted by atomic mass is 28.3. The molecular formula is C33H57F2O2Si. The number of fused-ring (bicyclic) bond motifs is 5. The Balaban J connectivity index is 1.56. The molecular weight excluding hydrogens is 494 g/mol. The standard InChI is InChI=1S/C33H57F2O2Si/c1-21(2)38(30(5,6)7)37-28-16-18-32(9)26-15-17-31(8)24(22(3)12-10-11-19-36)13-14-25(31)29(26)33(34,35)20-27(32)23(28)4/h21-22,24-29,36H,4,10-20H2,1-3,5-9H3/t22-,24-,25+,26+,27+,28+,29+,31-,32-/m1/s1. The molecule has 0 saturated heterocycles. The second-order valence-electron chi connectivity index (χ2n) is 15.7. The van der Waals surface area contributed by atoms with Gasteiger partial charge in [0, 0.05) is 18.9 Å². The van der Waals surface area contributed by atoms with Crippen molar-refractivity contribution < 1.29 is 18.3 Å². The fourth-order valence-corrected chi connectivity index (χ4v) is 13.3. The van der Waals surface area contributed by atoms with Crippen molar-refractivity contribution in [3.8, 4) is 0 Å². The van der Waals surface area contributed by atoms with Crippen molar-refractivity contribution >= 4 is 9.04 Å². The molecule has 0 aliphatic heterocycles. The summed E-state index contributed by atoms with van der Waals surface area (Å²) in [6, 6.07) is 0. The Morgan fingerprint density at radius 1 is 1.00 bits per heavy atom. The highest BCUT2D eigenvalue weighted by Crippen LogP contribution is 2.71. The first kappa shape index (κ1) is 30.7. The van der Waals surface area contributed by atoms with Gasteiger partial charge in [-0.05, 0) is 102 Å². The van der Waals surface area contributed by atoms with Crippen LogP contribution in [0.5, 0.6) is 0 Å². The van der Waals surface area contributed by atoms with Gasteiger partial charge in [-0.2, -0.15) is 0 Å². The number of hydrogen-bond donors (Lipinski definition) is 1. The minimum absolute atomic E-state index is 0.0189. The second kappa shape index (κ2) is 10.9. The number of rotatable bonds is 8. The highest BCUT2D eigenvalue weighted by molar-refractivity contribution is 6.56. The van der Waals surface area contributed by atoms with Gasteiger partial charge in [-0.1, -0.05) is 74.8 Å². The van der Waals surface area contributed by atoms with Crippen molar-refractivity contribution in [1.82, 2.24) is 0 Å². The minimum atomic E-state index is -2.64. The minimum Gasteiger partial charge on any atom is -0.409 e. The summed E-state index contributed by atoms with van der Waals surface area (Å²) in [5, 5.41) is 9.33. The summed E-state index contributed by atoms with van der Waals surface area (Å²) in [4.78, 5) is 0. The first-order valence-electron chi connectivity index (χ1n) is 15.8. The van der Waals surface area contributed by atoms with Gasteiger partial charge in [-0.3, -0.25) is 0 Å². The zero-order chi connectivity index (χ0) is 28.3. The number of alkyl halides is 2. The SMILES string of the molecule is C=C1[C@@H](O[Si](C(C)C)C(C)(C)C)CC[C@@]2(C)[C@H]1CC(F)(F)[C@@H]1[C@@H]2CC[C@]2(C)[C@@H]([C@H](C)CCCCO)CC[C@@H]12. The average Bonchev–Trinajstić information content (AvgIpc) is 3.16. The normalized spacial score (nSPS) is 41.7. The zero-order valence-electron chi connectivity index (χ0n) is 25.7. The summed E-state index contributed by atoms with van der Waals surface area (Å²) in [6.45, 7) is 23.1. The van der Waals surface area contributed by atoms with E-state index in [0.29, 0.717) is 17.4 Å². The van der Waals surface area contributed by atoms with Crippen LogP contribution >= 0.6 is 0 Å². The van der Waals surface area contributed by atoms with Crippen molar-refractivity contribution in [2.24, 2.45) is 46.3 Å². The largest absolute Gasteiger partial charge is 0.409 e. The van der Waals surface area contributed by atoms with Crippen LogP contribution in [0, 0.1) is 46.3 Å². The maximum absolute atomic E-state index is 16.4. The van der Waals surface area contributed by atoms with E-state index in [1.54, 1.807) is 0 Å². The summed E-state index contributed by atoms with van der Waals surface area (Å²) in [5.74, 6) is -2.01. The van der Waals surface area contributed by atoms with Crippen LogP contribution in [0.4, 0.5) is 8.78 Å². The van der Waals surface area contributed by atoms with Gasteiger partial charge in [0.05, 0.1) is 6.10 Å². The molecule has 4 fully saturated rings. The molecule has 1 N–H and O–H groups in total. The van der Waals surface area contributed by atoms with Gasteiger partial charge in [-0.25, -0.2) is 8.78 Å². The Labute approximate surface area is 234 Å². The third-order valence-corrected chi connectivity index (χ3v) is 15.1. The molecule has 0 aromatic carbocycles. The molecule has 0 spiro atoms. The molecule has 0 amide bonds. The zero-order valence-corrected chi connectivity index (χ0v) is 26.7. The van der Waals surface area contributed by atoms with Crippen LogP contribution in [-0.4, -0.2) is 32.8 Å². The first-order chi connectivity index (χ1) is 17.6. The van der Waals surface area contributed by atoms with Gasteiger partial charge in [0.2, 0.25) is 9.04 Å². The molecule has 4 rings (SSSR count). The van der Waals surface area contributed by atoms with Crippen LogP contribution in [0.15, 0.2) is 12.2 Å². The molecule has 0 aromatic rings. The number of hydrogen-bond acceptors (Lipinski definition) is 2. The molecule has 38 heavy (non-hydrogen) atoms. The van der Waals surface area contributed by atoms with Crippen LogP contribution in [0.3, 0.4) is 0 Å². The Morgan fingerprint density at radius 3 is 2.24 bits per heavy atom. The maximum atomic E-state index is 16.4. The topological polar surface area (TPSA) is 29.5 Å². The molecule has 219 valence electrons. The van der Waals surface area contributed by atoms with Crippen LogP contribution in [0.1, 0.15) is 120 Å². The quantitative estimate of drug-likeness (QED) is 0.185. The predicted octanol–water partition coefficient (Wildman–Crippen LogP) is 9.44. The summed E-state index contributed by atoms with van der Waals surface area (Å²) in [6.07, 6.45) is 8.88. The molecule has 0 unspecified atom stereocenters. The molecule has 2 nitrogen and oxygen atoms in total. The maximum Gasteiger partial charge on any atom is 0.252 e. The van der Waals surface area contributed by atoms with E-state index in [9.17, 15) is 5.11 Å². The number of unbranched alkanes of at least 4 members (excludes halogenated alkanes) is 1. The van der Waals surface area contributed by atoms with Gasteiger partial charge in [0.25, 0.3) is 5.92 Å². The van der Waals surface area contributed by atoms with E-state index < -0.39 is 20.9 Å². The number of halogens is 2. The lowest BCUT2D eigenvalue weighted by Crippen LogP contribution is -2.61. The van der Waals surface area contributed by atoms with Crippen LogP contribution in [0.2, 0.25) is 10.6 Å². The Hall–Kier alpha value is -0.263. The van der Waals surface area contributed by atoms with Crippen molar-refractivity contribution in [2.75, 3.05) is 6.61 Å². The van der Waals surface area contributed by atoms with Gasteiger partial charge in [-0.15, -0.1) is 0 Å². The molecule has 5 heteroatoms. The highest BCUT2D eigenvalue weighted by Gasteiger charge is 2.68. The monoisotopic (exact) mass is 551 g/mol. The van der Waals surface area contributed by atoms with Gasteiger partial charge >= 0.3 is 0 Å². The molecule has 0 bridgehead atoms. The molecule has 0 aromatic heterocycles. The van der Waals surface area contributed by atoms with Crippen LogP contribution in [0.25, 0.3) is 0 Å². The van der Waals surface area contributed by atoms with E-state index in [0.717, 1.165) is 63.4 Å². The number of aliphatic hydroxyl groups excluding tert-OH is 1. The smallest absolute Gasteiger partial charge is 0.252 e. The van der Waals surface area contributed by atoms with Crippen molar-refractivity contribution in [1.29, 1.82) is 0 Å². The van der Waals surface area contributed by atoms with Crippen molar-refractivity contribution in [3.05, 3.63) is 12.2 Å². The second-order valence-corrected chi connectivity index (χ2v) is 19.3. The van der Waals surface area contributed by atoms with E-state index in [1.165, 1.54) is 0 Å². The van der Waals surface area contributed by atoms with Crippen LogP contribution < -0.4 is 0 Å². The summed E-state index contributed by atoms with van der Waals surface area (Å²) in [7, 11) is -1.12. The molecule has 4 saturated carbocycles. The Bertz CT molecular complexity index is 852. The summed E-state index contributed by atoms with van der Waals surface area (Å²) < 4.78 is 39.7. The van der Waals surface area contributed by atoms with E-state index in [4.69, 9.17) is 4.43 Å². The lowest BCUT2D eigenvalue weighted by molar-refractivity contribution is -0.228. The average molecular weight is 552 g/mol. The van der Waals surface area contributed by atoms with E-state index in [-0.39, 0.29) is 52.8 Å². The third kappa shape index (κ3) is 5.24. The third-order valence-electron chi connectivity index (χ3n) is 12.0. The van der Waals surface area contributed by atoms with Gasteiger partial charge < -0.3 is 9.53 Å². The van der Waals surface area contributed by atoms with Gasteiger partial charge in [0.15, 0.2) is 0 Å². The van der Waals surface area contributed by atoms with Crippen LogP contribution in [-0.2, 0) is 4.43 Å². The first-order valence-corrected chi connectivity index (χ1v) is 17.3. The predicted molar refractivity (Wildman–Crippen MR) is 156 cm³/mol. The lowest BCUT2D eigenvalue weighted by Gasteiger charge is -2.63. The van der Waals surface area contributed by atoms with Gasteiger partial charge in [0.1, 0.15) is 0 Å². The van der Waals surface area contributed by atoms with E-state index in [2.05, 4.69) is 62.0 Å². The molecule has 1 radical (unpaired) electrons. The Kier molecular flexibility index (Phi) is 8.77.